The summed E-state index contributed by atoms with van der Waals surface area (Å²) < 4.78 is 0. The molecule has 0 saturated carbocycles. The molecule has 0 saturated heterocycles. The number of carbonyl (C=O) groups excluding carboxylic acids is 1. The van der Waals surface area contributed by atoms with Gasteiger partial charge in [0.2, 0.25) is 5.78 Å². The fourth-order valence-corrected chi connectivity index (χ4v) is 1.05. The first-order valence-corrected chi connectivity index (χ1v) is 5.27. The standard InChI is InChI=1S/C15H14O/c1-2-3-4-8-11-15(16)13-12-14-9-6-5-7-10-14/h3-11H,2H2,1H3/b4-3-,11-8+. The quantitative estimate of drug-likeness (QED) is 0.425. The Morgan fingerprint density at radius 3 is 2.69 bits per heavy atom. The molecule has 16 heavy (non-hydrogen) atoms. The van der Waals surface area contributed by atoms with Crippen molar-refractivity contribution < 1.29 is 4.79 Å². The Morgan fingerprint density at radius 2 is 2.00 bits per heavy atom. The summed E-state index contributed by atoms with van der Waals surface area (Å²) in [6, 6.07) is 9.47. The van der Waals surface area contributed by atoms with Crippen molar-refractivity contribution in [3.05, 3.63) is 60.2 Å². The minimum absolute atomic E-state index is 0.176. The predicted molar refractivity (Wildman–Crippen MR) is 66.9 cm³/mol. The lowest BCUT2D eigenvalue weighted by molar-refractivity contribution is -0.109. The smallest absolute Gasteiger partial charge is 0.229 e. The largest absolute Gasteiger partial charge is 0.280 e. The minimum Gasteiger partial charge on any atom is -0.280 e. The first-order valence-electron chi connectivity index (χ1n) is 5.27. The van der Waals surface area contributed by atoms with E-state index in [0.29, 0.717) is 0 Å². The summed E-state index contributed by atoms with van der Waals surface area (Å²) in [6.07, 6.45) is 7.98. The lowest BCUT2D eigenvalue weighted by Gasteiger charge is -1.85. The zero-order valence-corrected chi connectivity index (χ0v) is 9.31. The van der Waals surface area contributed by atoms with Gasteiger partial charge >= 0.3 is 0 Å². The number of carbonyl (C=O) groups is 1. The van der Waals surface area contributed by atoms with Gasteiger partial charge in [0.15, 0.2) is 0 Å². The summed E-state index contributed by atoms with van der Waals surface area (Å²) in [5.41, 5.74) is 0.855. The van der Waals surface area contributed by atoms with Gasteiger partial charge in [-0.15, -0.1) is 0 Å². The van der Waals surface area contributed by atoms with Gasteiger partial charge in [-0.3, -0.25) is 4.79 Å². The Bertz CT molecular complexity index is 441. The first-order chi connectivity index (χ1) is 7.83. The summed E-state index contributed by atoms with van der Waals surface area (Å²) in [7, 11) is 0. The third kappa shape index (κ3) is 4.97. The Labute approximate surface area is 96.5 Å². The molecule has 0 radical (unpaired) electrons. The van der Waals surface area contributed by atoms with E-state index in [0.717, 1.165) is 12.0 Å². The van der Waals surface area contributed by atoms with E-state index in [-0.39, 0.29) is 5.78 Å². The van der Waals surface area contributed by atoms with Gasteiger partial charge in [0.25, 0.3) is 0 Å². The van der Waals surface area contributed by atoms with Crippen LogP contribution in [0.5, 0.6) is 0 Å². The van der Waals surface area contributed by atoms with Gasteiger partial charge in [0.1, 0.15) is 0 Å². The highest BCUT2D eigenvalue weighted by Gasteiger charge is 1.86. The van der Waals surface area contributed by atoms with Crippen LogP contribution < -0.4 is 0 Å². The highest BCUT2D eigenvalue weighted by atomic mass is 16.1. The van der Waals surface area contributed by atoms with E-state index < -0.39 is 0 Å². The molecule has 1 aromatic rings. The molecular formula is C15H14O. The van der Waals surface area contributed by atoms with Crippen LogP contribution in [0.1, 0.15) is 18.9 Å². The maximum atomic E-state index is 11.3. The van der Waals surface area contributed by atoms with Crippen molar-refractivity contribution >= 4 is 5.78 Å². The number of benzene rings is 1. The molecule has 0 bridgehead atoms. The van der Waals surface area contributed by atoms with Crippen LogP contribution in [-0.4, -0.2) is 5.78 Å². The molecule has 0 atom stereocenters. The molecule has 0 aliphatic heterocycles. The molecular weight excluding hydrogens is 196 g/mol. The van der Waals surface area contributed by atoms with Gasteiger partial charge in [-0.2, -0.15) is 0 Å². The molecule has 1 rings (SSSR count). The molecule has 0 amide bonds. The fourth-order valence-electron chi connectivity index (χ4n) is 1.05. The number of hydrogen-bond acceptors (Lipinski definition) is 1. The minimum atomic E-state index is -0.176. The lowest BCUT2D eigenvalue weighted by Crippen LogP contribution is -1.85. The van der Waals surface area contributed by atoms with Crippen LogP contribution in [0.2, 0.25) is 0 Å². The Balaban J connectivity index is 2.55. The number of rotatable bonds is 3. The Hall–Kier alpha value is -2.07. The van der Waals surface area contributed by atoms with E-state index in [1.807, 2.05) is 49.4 Å². The average Bonchev–Trinajstić information content (AvgIpc) is 2.33. The molecule has 0 aliphatic carbocycles. The van der Waals surface area contributed by atoms with E-state index in [1.165, 1.54) is 6.08 Å². The van der Waals surface area contributed by atoms with Crippen molar-refractivity contribution in [2.75, 3.05) is 0 Å². The third-order valence-electron chi connectivity index (χ3n) is 1.83. The Morgan fingerprint density at radius 1 is 1.25 bits per heavy atom. The van der Waals surface area contributed by atoms with E-state index in [2.05, 4.69) is 11.8 Å². The maximum Gasteiger partial charge on any atom is 0.229 e. The van der Waals surface area contributed by atoms with Gasteiger partial charge < -0.3 is 0 Å². The fraction of sp³-hybridized carbons (Fsp3) is 0.133. The molecule has 1 heteroatoms. The van der Waals surface area contributed by atoms with Crippen molar-refractivity contribution in [1.29, 1.82) is 0 Å². The van der Waals surface area contributed by atoms with Gasteiger partial charge in [-0.25, -0.2) is 0 Å². The average molecular weight is 210 g/mol. The van der Waals surface area contributed by atoms with Crippen LogP contribution in [0.15, 0.2) is 54.6 Å². The molecule has 80 valence electrons. The van der Waals surface area contributed by atoms with Gasteiger partial charge in [-0.1, -0.05) is 49.3 Å². The number of hydrogen-bond donors (Lipinski definition) is 0. The summed E-state index contributed by atoms with van der Waals surface area (Å²) in [6.45, 7) is 2.04. The van der Waals surface area contributed by atoms with Crippen molar-refractivity contribution in [1.82, 2.24) is 0 Å². The zero-order valence-electron chi connectivity index (χ0n) is 9.31. The van der Waals surface area contributed by atoms with E-state index in [4.69, 9.17) is 0 Å². The van der Waals surface area contributed by atoms with Crippen LogP contribution >= 0.6 is 0 Å². The lowest BCUT2D eigenvalue weighted by atomic mass is 10.2. The molecule has 1 nitrogen and oxygen atoms in total. The number of allylic oxidation sites excluding steroid dienone is 4. The first kappa shape index (κ1) is 12.0. The van der Waals surface area contributed by atoms with Crippen molar-refractivity contribution in [3.8, 4) is 11.8 Å². The Kier molecular flexibility index (Phi) is 5.44. The van der Waals surface area contributed by atoms with E-state index >= 15 is 0 Å². The van der Waals surface area contributed by atoms with Gasteiger partial charge in [0, 0.05) is 5.56 Å². The van der Waals surface area contributed by atoms with E-state index in [1.54, 1.807) is 6.08 Å². The third-order valence-corrected chi connectivity index (χ3v) is 1.83. The molecule has 0 unspecified atom stereocenters. The summed E-state index contributed by atoms with van der Waals surface area (Å²) >= 11 is 0. The number of ketones is 1. The monoisotopic (exact) mass is 210 g/mol. The summed E-state index contributed by atoms with van der Waals surface area (Å²) in [5.74, 6) is 5.20. The summed E-state index contributed by atoms with van der Waals surface area (Å²) in [4.78, 5) is 11.3. The second kappa shape index (κ2) is 7.25. The molecule has 0 fully saturated rings. The van der Waals surface area contributed by atoms with Crippen LogP contribution in [0, 0.1) is 11.8 Å². The second-order valence-electron chi connectivity index (χ2n) is 3.18. The van der Waals surface area contributed by atoms with Crippen LogP contribution in [0.4, 0.5) is 0 Å². The van der Waals surface area contributed by atoms with Crippen LogP contribution in [0.3, 0.4) is 0 Å². The molecule has 0 aromatic heterocycles. The molecule has 0 aliphatic rings. The predicted octanol–water partition coefficient (Wildman–Crippen LogP) is 3.13. The SMILES string of the molecule is CC/C=C\C=C\C(=O)C#Cc1ccccc1. The second-order valence-corrected chi connectivity index (χ2v) is 3.18. The van der Waals surface area contributed by atoms with Crippen molar-refractivity contribution in [3.63, 3.8) is 0 Å². The van der Waals surface area contributed by atoms with Crippen LogP contribution in [0.25, 0.3) is 0 Å². The molecule has 0 spiro atoms. The maximum absolute atomic E-state index is 11.3. The molecule has 0 N–H and O–H groups in total. The van der Waals surface area contributed by atoms with E-state index in [9.17, 15) is 4.79 Å². The molecule has 1 aromatic carbocycles. The highest BCUT2D eigenvalue weighted by molar-refractivity contribution is 6.04. The zero-order chi connectivity index (χ0) is 11.6. The van der Waals surface area contributed by atoms with Gasteiger partial charge in [0.05, 0.1) is 0 Å². The highest BCUT2D eigenvalue weighted by Crippen LogP contribution is 1.94. The normalized spacial score (nSPS) is 10.3. The van der Waals surface area contributed by atoms with Crippen LogP contribution in [-0.2, 0) is 4.79 Å². The van der Waals surface area contributed by atoms with Gasteiger partial charge in [-0.05, 0) is 30.6 Å². The van der Waals surface area contributed by atoms with Crippen molar-refractivity contribution in [2.24, 2.45) is 0 Å². The summed E-state index contributed by atoms with van der Waals surface area (Å²) in [5, 5.41) is 0. The topological polar surface area (TPSA) is 17.1 Å². The molecule has 0 heterocycles. The van der Waals surface area contributed by atoms with Crippen molar-refractivity contribution in [2.45, 2.75) is 13.3 Å².